The molecule has 1 atom stereocenters. The van der Waals surface area contributed by atoms with Crippen LogP contribution in [-0.2, 0) is 6.42 Å². The Morgan fingerprint density at radius 1 is 1.31 bits per heavy atom. The molecule has 1 nitrogen and oxygen atoms in total. The second-order valence-corrected chi connectivity index (χ2v) is 5.32. The van der Waals surface area contributed by atoms with Gasteiger partial charge in [0.15, 0.2) is 0 Å². The molecule has 0 spiro atoms. The van der Waals surface area contributed by atoms with Gasteiger partial charge in [-0.2, -0.15) is 11.8 Å². The number of hydrogen-bond acceptors (Lipinski definition) is 2. The summed E-state index contributed by atoms with van der Waals surface area (Å²) in [5.41, 5.74) is 2.87. The summed E-state index contributed by atoms with van der Waals surface area (Å²) in [6, 6.07) is 9.23. The van der Waals surface area contributed by atoms with Gasteiger partial charge in [0.05, 0.1) is 0 Å². The van der Waals surface area contributed by atoms with Crippen LogP contribution in [0.25, 0.3) is 0 Å². The van der Waals surface area contributed by atoms with Gasteiger partial charge in [-0.15, -0.1) is 0 Å². The zero-order valence-corrected chi connectivity index (χ0v) is 11.4. The second kappa shape index (κ2) is 7.75. The van der Waals surface area contributed by atoms with E-state index in [1.54, 1.807) is 0 Å². The zero-order chi connectivity index (χ0) is 11.8. The van der Waals surface area contributed by atoms with Crippen LogP contribution in [0.2, 0.25) is 0 Å². The first-order valence-electron chi connectivity index (χ1n) is 6.01. The number of aryl methyl sites for hydroxylation is 1. The Morgan fingerprint density at radius 2 is 2.06 bits per heavy atom. The first kappa shape index (κ1) is 13.6. The van der Waals surface area contributed by atoms with Crippen molar-refractivity contribution < 1.29 is 0 Å². The van der Waals surface area contributed by atoms with E-state index < -0.39 is 0 Å². The molecule has 1 unspecified atom stereocenters. The lowest BCUT2D eigenvalue weighted by molar-refractivity contribution is 0.544. The van der Waals surface area contributed by atoms with Crippen molar-refractivity contribution in [3.05, 3.63) is 35.4 Å². The van der Waals surface area contributed by atoms with E-state index in [0.717, 1.165) is 13.0 Å². The third kappa shape index (κ3) is 5.04. The molecular weight excluding hydrogens is 214 g/mol. The minimum atomic E-state index is 0.572. The SMILES string of the molecule is CSCCCNC(C)Cc1ccccc1C. The van der Waals surface area contributed by atoms with Crippen molar-refractivity contribution in [2.45, 2.75) is 32.7 Å². The molecule has 0 heterocycles. The van der Waals surface area contributed by atoms with Crippen LogP contribution < -0.4 is 5.32 Å². The smallest absolute Gasteiger partial charge is 0.00792 e. The third-order valence-electron chi connectivity index (χ3n) is 2.81. The van der Waals surface area contributed by atoms with E-state index in [2.05, 4.69) is 49.7 Å². The zero-order valence-electron chi connectivity index (χ0n) is 10.6. The summed E-state index contributed by atoms with van der Waals surface area (Å²) >= 11 is 1.92. The van der Waals surface area contributed by atoms with Gasteiger partial charge < -0.3 is 5.32 Å². The van der Waals surface area contributed by atoms with E-state index in [9.17, 15) is 0 Å². The first-order chi connectivity index (χ1) is 7.74. The molecule has 1 N–H and O–H groups in total. The summed E-state index contributed by atoms with van der Waals surface area (Å²) in [5, 5.41) is 3.58. The van der Waals surface area contributed by atoms with Gasteiger partial charge in [0.2, 0.25) is 0 Å². The lowest BCUT2D eigenvalue weighted by atomic mass is 10.0. The number of nitrogens with one attached hydrogen (secondary N) is 1. The Hall–Kier alpha value is -0.470. The van der Waals surface area contributed by atoms with Gasteiger partial charge >= 0.3 is 0 Å². The quantitative estimate of drug-likeness (QED) is 0.731. The fourth-order valence-electron chi connectivity index (χ4n) is 1.81. The fourth-order valence-corrected chi connectivity index (χ4v) is 2.24. The molecule has 0 fully saturated rings. The largest absolute Gasteiger partial charge is 0.314 e. The highest BCUT2D eigenvalue weighted by atomic mass is 32.2. The molecule has 0 bridgehead atoms. The van der Waals surface area contributed by atoms with Gasteiger partial charge in [0, 0.05) is 6.04 Å². The predicted molar refractivity (Wildman–Crippen MR) is 75.3 cm³/mol. The predicted octanol–water partition coefficient (Wildman–Crippen LogP) is 3.27. The third-order valence-corrected chi connectivity index (χ3v) is 3.50. The van der Waals surface area contributed by atoms with Crippen LogP contribution >= 0.6 is 11.8 Å². The molecule has 1 rings (SSSR count). The van der Waals surface area contributed by atoms with Crippen LogP contribution in [0.4, 0.5) is 0 Å². The second-order valence-electron chi connectivity index (χ2n) is 4.33. The number of thioether (sulfide) groups is 1. The Kier molecular flexibility index (Phi) is 6.58. The van der Waals surface area contributed by atoms with Crippen LogP contribution in [0.15, 0.2) is 24.3 Å². The van der Waals surface area contributed by atoms with Crippen molar-refractivity contribution in [2.24, 2.45) is 0 Å². The van der Waals surface area contributed by atoms with E-state index in [0.29, 0.717) is 6.04 Å². The molecule has 0 aliphatic rings. The minimum Gasteiger partial charge on any atom is -0.314 e. The molecule has 0 saturated heterocycles. The summed E-state index contributed by atoms with van der Waals surface area (Å²) in [6.45, 7) is 5.59. The molecule has 90 valence electrons. The lowest BCUT2D eigenvalue weighted by Gasteiger charge is -2.15. The van der Waals surface area contributed by atoms with Crippen LogP contribution in [0.5, 0.6) is 0 Å². The maximum Gasteiger partial charge on any atom is 0.00792 e. The highest BCUT2D eigenvalue weighted by molar-refractivity contribution is 7.98. The monoisotopic (exact) mass is 237 g/mol. The van der Waals surface area contributed by atoms with E-state index >= 15 is 0 Å². The first-order valence-corrected chi connectivity index (χ1v) is 7.40. The summed E-state index contributed by atoms with van der Waals surface area (Å²) in [4.78, 5) is 0. The maximum atomic E-state index is 3.58. The average Bonchev–Trinajstić information content (AvgIpc) is 2.28. The summed E-state index contributed by atoms with van der Waals surface area (Å²) < 4.78 is 0. The number of rotatable bonds is 7. The molecule has 0 aliphatic heterocycles. The molecule has 0 radical (unpaired) electrons. The van der Waals surface area contributed by atoms with E-state index in [4.69, 9.17) is 0 Å². The van der Waals surface area contributed by atoms with Gasteiger partial charge in [0.1, 0.15) is 0 Å². The van der Waals surface area contributed by atoms with E-state index in [-0.39, 0.29) is 0 Å². The summed E-state index contributed by atoms with van der Waals surface area (Å²) in [7, 11) is 0. The molecule has 0 aliphatic carbocycles. The average molecular weight is 237 g/mol. The van der Waals surface area contributed by atoms with Crippen molar-refractivity contribution in [1.82, 2.24) is 5.32 Å². The molecule has 0 aromatic heterocycles. The highest BCUT2D eigenvalue weighted by Gasteiger charge is 2.04. The number of benzene rings is 1. The normalized spacial score (nSPS) is 12.7. The van der Waals surface area contributed by atoms with Crippen LogP contribution in [0.1, 0.15) is 24.5 Å². The van der Waals surface area contributed by atoms with Gasteiger partial charge in [0.25, 0.3) is 0 Å². The van der Waals surface area contributed by atoms with Gasteiger partial charge in [-0.3, -0.25) is 0 Å². The molecule has 2 heteroatoms. The standard InChI is InChI=1S/C14H23NS/c1-12-7-4-5-8-14(12)11-13(2)15-9-6-10-16-3/h4-5,7-8,13,15H,6,9-11H2,1-3H3. The van der Waals surface area contributed by atoms with Crippen LogP contribution in [0.3, 0.4) is 0 Å². The Morgan fingerprint density at radius 3 is 2.75 bits per heavy atom. The van der Waals surface area contributed by atoms with E-state index in [1.807, 2.05) is 11.8 Å². The maximum absolute atomic E-state index is 3.58. The molecule has 1 aromatic carbocycles. The molecule has 0 saturated carbocycles. The van der Waals surface area contributed by atoms with Crippen molar-refractivity contribution in [3.63, 3.8) is 0 Å². The number of hydrogen-bond donors (Lipinski definition) is 1. The van der Waals surface area contributed by atoms with Crippen LogP contribution in [0, 0.1) is 6.92 Å². The van der Waals surface area contributed by atoms with Crippen molar-refractivity contribution in [2.75, 3.05) is 18.6 Å². The minimum absolute atomic E-state index is 0.572. The molecular formula is C14H23NS. The van der Waals surface area contributed by atoms with Crippen molar-refractivity contribution in [1.29, 1.82) is 0 Å². The van der Waals surface area contributed by atoms with Crippen LogP contribution in [-0.4, -0.2) is 24.6 Å². The Labute approximate surface area is 104 Å². The molecule has 1 aromatic rings. The lowest BCUT2D eigenvalue weighted by Crippen LogP contribution is -2.29. The Balaban J connectivity index is 2.28. The fraction of sp³-hybridized carbons (Fsp3) is 0.571. The highest BCUT2D eigenvalue weighted by Crippen LogP contribution is 2.09. The molecule has 0 amide bonds. The van der Waals surface area contributed by atoms with Gasteiger partial charge in [-0.05, 0) is 56.4 Å². The van der Waals surface area contributed by atoms with Crippen molar-refractivity contribution in [3.8, 4) is 0 Å². The summed E-state index contributed by atoms with van der Waals surface area (Å²) in [5.74, 6) is 1.25. The van der Waals surface area contributed by atoms with E-state index in [1.165, 1.54) is 23.3 Å². The topological polar surface area (TPSA) is 12.0 Å². The summed E-state index contributed by atoms with van der Waals surface area (Å²) in [6.07, 6.45) is 4.56. The molecule has 16 heavy (non-hydrogen) atoms. The van der Waals surface area contributed by atoms with Crippen molar-refractivity contribution >= 4 is 11.8 Å². The van der Waals surface area contributed by atoms with Gasteiger partial charge in [-0.1, -0.05) is 24.3 Å². The van der Waals surface area contributed by atoms with Gasteiger partial charge in [-0.25, -0.2) is 0 Å². The Bertz CT molecular complexity index is 299.